The van der Waals surface area contributed by atoms with Gasteiger partial charge in [0.1, 0.15) is 11.9 Å². The summed E-state index contributed by atoms with van der Waals surface area (Å²) in [7, 11) is 0. The molecule has 1 aromatic carbocycles. The van der Waals surface area contributed by atoms with Crippen molar-refractivity contribution >= 4 is 38.4 Å². The van der Waals surface area contributed by atoms with Crippen LogP contribution in [0.3, 0.4) is 0 Å². The number of amides is 1. The SMILES string of the molecule is O=C(c1n[nH]c2ccc(Br)cc12)N(c1ccc(C(F)(F)F)nc1)C1CCCCO1. The number of carbonyl (C=O) groups excluding carboxylic acids is 1. The number of rotatable bonds is 3. The van der Waals surface area contributed by atoms with Gasteiger partial charge in [-0.05, 0) is 49.6 Å². The second-order valence-electron chi connectivity index (χ2n) is 6.66. The molecule has 2 aromatic heterocycles. The van der Waals surface area contributed by atoms with E-state index in [1.807, 2.05) is 6.07 Å². The van der Waals surface area contributed by atoms with Crippen LogP contribution >= 0.6 is 15.9 Å². The Bertz CT molecular complexity index is 1030. The molecule has 0 bridgehead atoms. The monoisotopic (exact) mass is 468 g/mol. The van der Waals surface area contributed by atoms with E-state index in [0.29, 0.717) is 23.9 Å². The number of anilines is 1. The van der Waals surface area contributed by atoms with Crippen LogP contribution in [0.4, 0.5) is 18.9 Å². The topological polar surface area (TPSA) is 71.1 Å². The highest BCUT2D eigenvalue weighted by Crippen LogP contribution is 2.31. The third-order valence-corrected chi connectivity index (χ3v) is 5.20. The summed E-state index contributed by atoms with van der Waals surface area (Å²) in [4.78, 5) is 18.2. The molecule has 10 heteroatoms. The summed E-state index contributed by atoms with van der Waals surface area (Å²) in [5.74, 6) is -0.470. The lowest BCUT2D eigenvalue weighted by Crippen LogP contribution is -2.44. The minimum atomic E-state index is -4.56. The van der Waals surface area contributed by atoms with Crippen LogP contribution in [0.25, 0.3) is 10.9 Å². The maximum Gasteiger partial charge on any atom is 0.433 e. The van der Waals surface area contributed by atoms with Gasteiger partial charge in [-0.15, -0.1) is 0 Å². The fraction of sp³-hybridized carbons (Fsp3) is 0.316. The largest absolute Gasteiger partial charge is 0.433 e. The number of aromatic nitrogens is 3. The second kappa shape index (κ2) is 7.75. The fourth-order valence-electron chi connectivity index (χ4n) is 3.30. The van der Waals surface area contributed by atoms with Gasteiger partial charge in [0.25, 0.3) is 5.91 Å². The summed E-state index contributed by atoms with van der Waals surface area (Å²) in [5.41, 5.74) is 0.0374. The molecule has 1 aliphatic rings. The molecule has 3 aromatic rings. The van der Waals surface area contributed by atoms with Gasteiger partial charge in [-0.25, -0.2) is 4.98 Å². The minimum absolute atomic E-state index is 0.162. The number of hydrogen-bond donors (Lipinski definition) is 1. The van der Waals surface area contributed by atoms with Crippen molar-refractivity contribution in [2.24, 2.45) is 0 Å². The standard InChI is InChI=1S/C19H16BrF3N4O2/c20-11-4-6-14-13(9-11)17(26-25-14)18(28)27(16-3-1-2-8-29-16)12-5-7-15(24-10-12)19(21,22)23/h4-7,9-10,16H,1-3,8H2,(H,25,26). The predicted octanol–water partition coefficient (Wildman–Crippen LogP) is 4.91. The summed E-state index contributed by atoms with van der Waals surface area (Å²) in [6, 6.07) is 7.45. The molecular formula is C19H16BrF3N4O2. The zero-order valence-corrected chi connectivity index (χ0v) is 16.6. The first-order valence-electron chi connectivity index (χ1n) is 8.96. The van der Waals surface area contributed by atoms with E-state index < -0.39 is 24.0 Å². The molecule has 6 nitrogen and oxygen atoms in total. The van der Waals surface area contributed by atoms with Gasteiger partial charge in [0.15, 0.2) is 5.69 Å². The number of hydrogen-bond acceptors (Lipinski definition) is 4. The van der Waals surface area contributed by atoms with E-state index in [-0.39, 0.29) is 11.4 Å². The second-order valence-corrected chi connectivity index (χ2v) is 7.57. The fourth-order valence-corrected chi connectivity index (χ4v) is 3.66. The molecule has 0 saturated carbocycles. The van der Waals surface area contributed by atoms with Crippen molar-refractivity contribution < 1.29 is 22.7 Å². The molecule has 1 atom stereocenters. The average Bonchev–Trinajstić information content (AvgIpc) is 3.12. The highest BCUT2D eigenvalue weighted by molar-refractivity contribution is 9.10. The molecule has 4 rings (SSSR count). The number of H-pyrrole nitrogens is 1. The molecule has 1 saturated heterocycles. The molecule has 152 valence electrons. The number of alkyl halides is 3. The summed E-state index contributed by atoms with van der Waals surface area (Å²) in [6.45, 7) is 0.468. The smallest absolute Gasteiger partial charge is 0.358 e. The van der Waals surface area contributed by atoms with E-state index in [0.717, 1.165) is 29.6 Å². The molecule has 1 aliphatic heterocycles. The summed E-state index contributed by atoms with van der Waals surface area (Å²) in [6.07, 6.45) is -1.84. The van der Waals surface area contributed by atoms with Crippen molar-refractivity contribution in [1.29, 1.82) is 0 Å². The molecular weight excluding hydrogens is 453 g/mol. The van der Waals surface area contributed by atoms with Gasteiger partial charge in [-0.2, -0.15) is 18.3 Å². The third-order valence-electron chi connectivity index (χ3n) is 4.71. The van der Waals surface area contributed by atoms with E-state index in [1.54, 1.807) is 12.1 Å². The molecule has 0 spiro atoms. The van der Waals surface area contributed by atoms with E-state index in [4.69, 9.17) is 4.74 Å². The number of nitrogens with zero attached hydrogens (tertiary/aromatic N) is 3. The zero-order valence-electron chi connectivity index (χ0n) is 15.0. The number of ether oxygens (including phenoxy) is 1. The van der Waals surface area contributed by atoms with Crippen molar-refractivity contribution in [3.05, 3.63) is 52.4 Å². The number of benzene rings is 1. The molecule has 0 aliphatic carbocycles. The first-order chi connectivity index (χ1) is 13.8. The van der Waals surface area contributed by atoms with E-state index in [1.165, 1.54) is 11.0 Å². The number of fused-ring (bicyclic) bond motifs is 1. The average molecular weight is 469 g/mol. The Hall–Kier alpha value is -2.46. The van der Waals surface area contributed by atoms with E-state index >= 15 is 0 Å². The van der Waals surface area contributed by atoms with Crippen LogP contribution in [0.2, 0.25) is 0 Å². The minimum Gasteiger partial charge on any atom is -0.358 e. The normalized spacial score (nSPS) is 17.4. The summed E-state index contributed by atoms with van der Waals surface area (Å²) < 4.78 is 45.2. The first-order valence-corrected chi connectivity index (χ1v) is 9.76. The number of nitrogens with one attached hydrogen (secondary N) is 1. The van der Waals surface area contributed by atoms with Crippen LogP contribution in [0, 0.1) is 0 Å². The van der Waals surface area contributed by atoms with Crippen LogP contribution < -0.4 is 4.90 Å². The van der Waals surface area contributed by atoms with E-state index in [2.05, 4.69) is 31.1 Å². The Kier molecular flexibility index (Phi) is 5.30. The van der Waals surface area contributed by atoms with Gasteiger partial charge in [0.2, 0.25) is 0 Å². The quantitative estimate of drug-likeness (QED) is 0.592. The lowest BCUT2D eigenvalue weighted by Gasteiger charge is -2.33. The van der Waals surface area contributed by atoms with Crippen LogP contribution in [0.15, 0.2) is 41.0 Å². The lowest BCUT2D eigenvalue weighted by atomic mass is 10.1. The number of pyridine rings is 1. The van der Waals surface area contributed by atoms with Gasteiger partial charge < -0.3 is 4.74 Å². The molecule has 0 radical (unpaired) electrons. The zero-order chi connectivity index (χ0) is 20.6. The predicted molar refractivity (Wildman–Crippen MR) is 103 cm³/mol. The van der Waals surface area contributed by atoms with Crippen LogP contribution in [0.5, 0.6) is 0 Å². The van der Waals surface area contributed by atoms with Gasteiger partial charge in [0, 0.05) is 16.5 Å². The highest BCUT2D eigenvalue weighted by Gasteiger charge is 2.34. The molecule has 29 heavy (non-hydrogen) atoms. The van der Waals surface area contributed by atoms with Gasteiger partial charge in [-0.1, -0.05) is 15.9 Å². The lowest BCUT2D eigenvalue weighted by molar-refractivity contribution is -0.141. The third kappa shape index (κ3) is 3.99. The Labute approximate surface area is 172 Å². The molecule has 1 fully saturated rings. The van der Waals surface area contributed by atoms with Crippen molar-refractivity contribution in [3.8, 4) is 0 Å². The Balaban J connectivity index is 1.75. The number of carbonyl (C=O) groups is 1. The molecule has 3 heterocycles. The van der Waals surface area contributed by atoms with Crippen molar-refractivity contribution in [1.82, 2.24) is 15.2 Å². The van der Waals surface area contributed by atoms with Crippen LogP contribution in [-0.2, 0) is 10.9 Å². The Morgan fingerprint density at radius 1 is 1.24 bits per heavy atom. The van der Waals surface area contributed by atoms with E-state index in [9.17, 15) is 18.0 Å². The number of aromatic amines is 1. The number of halogens is 4. The van der Waals surface area contributed by atoms with Crippen molar-refractivity contribution in [2.75, 3.05) is 11.5 Å². The van der Waals surface area contributed by atoms with Gasteiger partial charge >= 0.3 is 6.18 Å². The molecule has 1 amide bonds. The Morgan fingerprint density at radius 2 is 2.07 bits per heavy atom. The van der Waals surface area contributed by atoms with Gasteiger partial charge in [-0.3, -0.25) is 14.8 Å². The highest BCUT2D eigenvalue weighted by atomic mass is 79.9. The summed E-state index contributed by atoms with van der Waals surface area (Å²) >= 11 is 3.38. The summed E-state index contributed by atoms with van der Waals surface area (Å²) in [5, 5.41) is 7.55. The Morgan fingerprint density at radius 3 is 2.72 bits per heavy atom. The molecule has 1 N–H and O–H groups in total. The molecule has 1 unspecified atom stereocenters. The maximum atomic E-state index is 13.4. The van der Waals surface area contributed by atoms with Gasteiger partial charge in [0.05, 0.1) is 17.4 Å². The van der Waals surface area contributed by atoms with Crippen LogP contribution in [0.1, 0.15) is 35.4 Å². The van der Waals surface area contributed by atoms with Crippen LogP contribution in [-0.4, -0.2) is 33.9 Å². The first kappa shape index (κ1) is 19.8. The maximum absolute atomic E-state index is 13.4. The van der Waals surface area contributed by atoms with Crippen molar-refractivity contribution in [2.45, 2.75) is 31.7 Å². The van der Waals surface area contributed by atoms with Crippen molar-refractivity contribution in [3.63, 3.8) is 0 Å².